The van der Waals surface area contributed by atoms with Crippen molar-refractivity contribution in [2.75, 3.05) is 24.4 Å². The van der Waals surface area contributed by atoms with Crippen LogP contribution in [0, 0.1) is 0 Å². The second kappa shape index (κ2) is 8.49. The molecule has 0 heterocycles. The maximum Gasteiger partial charge on any atom is 0.411 e. The molecule has 0 unspecified atom stereocenters. The molecule has 2 rings (SSSR count). The first kappa shape index (κ1) is 18.0. The van der Waals surface area contributed by atoms with Gasteiger partial charge in [0.25, 0.3) is 5.91 Å². The largest absolute Gasteiger partial charge is 0.465 e. The van der Waals surface area contributed by atoms with Crippen LogP contribution in [0.25, 0.3) is 0 Å². The van der Waals surface area contributed by atoms with Crippen LogP contribution in [-0.4, -0.2) is 31.7 Å². The summed E-state index contributed by atoms with van der Waals surface area (Å²) in [4.78, 5) is 35.4. The van der Waals surface area contributed by atoms with Crippen LogP contribution in [0.5, 0.6) is 0 Å². The second-order valence-electron chi connectivity index (χ2n) is 4.91. The van der Waals surface area contributed by atoms with E-state index in [0.717, 1.165) is 0 Å². The van der Waals surface area contributed by atoms with E-state index >= 15 is 0 Å². The molecule has 0 aromatic heterocycles. The lowest BCUT2D eigenvalue weighted by atomic mass is 10.1. The molecule has 0 saturated heterocycles. The first-order chi connectivity index (χ1) is 12.0. The summed E-state index contributed by atoms with van der Waals surface area (Å²) in [5.41, 5.74) is 1.49. The van der Waals surface area contributed by atoms with Gasteiger partial charge in [-0.15, -0.1) is 0 Å². The summed E-state index contributed by atoms with van der Waals surface area (Å²) in [6.07, 6.45) is -0.563. The van der Waals surface area contributed by atoms with Crippen LogP contribution < -0.4 is 10.6 Å². The molecule has 2 aromatic carbocycles. The maximum absolute atomic E-state index is 12.3. The molecule has 7 nitrogen and oxygen atoms in total. The highest BCUT2D eigenvalue weighted by Crippen LogP contribution is 2.18. The summed E-state index contributed by atoms with van der Waals surface area (Å²) in [6.45, 7) is 1.98. The fraction of sp³-hybridized carbons (Fsp3) is 0.167. The number of hydrogen-bond acceptors (Lipinski definition) is 5. The number of esters is 1. The lowest BCUT2D eigenvalue weighted by molar-refractivity contribution is 0.0602. The third-order valence-electron chi connectivity index (χ3n) is 3.25. The van der Waals surface area contributed by atoms with Crippen molar-refractivity contribution >= 4 is 29.3 Å². The highest BCUT2D eigenvalue weighted by molar-refractivity contribution is 6.08. The van der Waals surface area contributed by atoms with Gasteiger partial charge in [-0.05, 0) is 43.3 Å². The Labute approximate surface area is 144 Å². The Balaban J connectivity index is 2.09. The minimum Gasteiger partial charge on any atom is -0.465 e. The van der Waals surface area contributed by atoms with Gasteiger partial charge in [-0.25, -0.2) is 9.59 Å². The molecule has 0 fully saturated rings. The lowest BCUT2D eigenvalue weighted by Crippen LogP contribution is -2.16. The van der Waals surface area contributed by atoms with E-state index in [2.05, 4.69) is 10.6 Å². The Hall–Kier alpha value is -3.35. The van der Waals surface area contributed by atoms with Crippen molar-refractivity contribution in [1.29, 1.82) is 0 Å². The van der Waals surface area contributed by atoms with E-state index in [9.17, 15) is 14.4 Å². The first-order valence-electron chi connectivity index (χ1n) is 7.57. The highest BCUT2D eigenvalue weighted by atomic mass is 16.5. The van der Waals surface area contributed by atoms with Crippen LogP contribution >= 0.6 is 0 Å². The van der Waals surface area contributed by atoms with Gasteiger partial charge in [0.2, 0.25) is 0 Å². The zero-order chi connectivity index (χ0) is 18.2. The van der Waals surface area contributed by atoms with Gasteiger partial charge in [-0.2, -0.15) is 0 Å². The van der Waals surface area contributed by atoms with E-state index in [1.165, 1.54) is 7.11 Å². The van der Waals surface area contributed by atoms with E-state index < -0.39 is 12.1 Å². The fourth-order valence-electron chi connectivity index (χ4n) is 2.06. The predicted octanol–water partition coefficient (Wildman–Crippen LogP) is 3.29. The van der Waals surface area contributed by atoms with Crippen LogP contribution in [0.4, 0.5) is 16.2 Å². The minimum atomic E-state index is -0.563. The van der Waals surface area contributed by atoms with Crippen molar-refractivity contribution in [1.82, 2.24) is 0 Å². The second-order valence-corrected chi connectivity index (χ2v) is 4.91. The summed E-state index contributed by atoms with van der Waals surface area (Å²) in [5.74, 6) is -0.927. The molecule has 7 heteroatoms. The van der Waals surface area contributed by atoms with E-state index in [4.69, 9.17) is 9.47 Å². The Bertz CT molecular complexity index is 771. The van der Waals surface area contributed by atoms with Gasteiger partial charge in [-0.3, -0.25) is 10.1 Å². The number of hydrogen-bond donors (Lipinski definition) is 2. The third-order valence-corrected chi connectivity index (χ3v) is 3.25. The van der Waals surface area contributed by atoms with Crippen molar-refractivity contribution in [3.8, 4) is 0 Å². The standard InChI is InChI=1S/C18H18N2O5/c1-3-25-18(23)19-13-10-8-12(9-11-13)16(21)20-15-7-5-4-6-14(15)17(22)24-2/h4-11H,3H2,1-2H3,(H,19,23)(H,20,21). The molecule has 0 aliphatic rings. The molecule has 2 aromatic rings. The predicted molar refractivity (Wildman–Crippen MR) is 92.8 cm³/mol. The molecular weight excluding hydrogens is 324 g/mol. The van der Waals surface area contributed by atoms with E-state index in [1.807, 2.05) is 0 Å². The Morgan fingerprint density at radius 1 is 0.960 bits per heavy atom. The number of nitrogens with one attached hydrogen (secondary N) is 2. The molecule has 0 spiro atoms. The maximum atomic E-state index is 12.3. The quantitative estimate of drug-likeness (QED) is 0.813. The Morgan fingerprint density at radius 3 is 2.28 bits per heavy atom. The number of para-hydroxylation sites is 1. The van der Waals surface area contributed by atoms with E-state index in [-0.39, 0.29) is 18.1 Å². The molecule has 0 radical (unpaired) electrons. The zero-order valence-electron chi connectivity index (χ0n) is 13.9. The van der Waals surface area contributed by atoms with Crippen LogP contribution in [-0.2, 0) is 9.47 Å². The average Bonchev–Trinajstić information content (AvgIpc) is 2.62. The summed E-state index contributed by atoms with van der Waals surface area (Å²) in [6, 6.07) is 12.8. The monoisotopic (exact) mass is 342 g/mol. The Morgan fingerprint density at radius 2 is 1.64 bits per heavy atom. The van der Waals surface area contributed by atoms with Crippen molar-refractivity contribution in [2.24, 2.45) is 0 Å². The zero-order valence-corrected chi connectivity index (χ0v) is 13.9. The highest BCUT2D eigenvalue weighted by Gasteiger charge is 2.14. The van der Waals surface area contributed by atoms with Crippen LogP contribution in [0.2, 0.25) is 0 Å². The molecule has 0 bridgehead atoms. The molecule has 0 atom stereocenters. The van der Waals surface area contributed by atoms with Crippen LogP contribution in [0.15, 0.2) is 48.5 Å². The number of carbonyl (C=O) groups is 3. The third kappa shape index (κ3) is 4.81. The van der Waals surface area contributed by atoms with Crippen LogP contribution in [0.1, 0.15) is 27.6 Å². The molecule has 2 N–H and O–H groups in total. The van der Waals surface area contributed by atoms with Gasteiger partial charge in [0.05, 0.1) is 25.0 Å². The molecule has 0 aliphatic carbocycles. The van der Waals surface area contributed by atoms with Gasteiger partial charge in [0, 0.05) is 11.3 Å². The van der Waals surface area contributed by atoms with Gasteiger partial charge in [-0.1, -0.05) is 12.1 Å². The SMILES string of the molecule is CCOC(=O)Nc1ccc(C(=O)Nc2ccccc2C(=O)OC)cc1. The number of carbonyl (C=O) groups excluding carboxylic acids is 3. The molecular formula is C18H18N2O5. The first-order valence-corrected chi connectivity index (χ1v) is 7.57. The van der Waals surface area contributed by atoms with Crippen molar-refractivity contribution in [3.63, 3.8) is 0 Å². The lowest BCUT2D eigenvalue weighted by Gasteiger charge is -2.10. The summed E-state index contributed by atoms with van der Waals surface area (Å²) in [5, 5.41) is 5.21. The number of methoxy groups -OCH3 is 1. The van der Waals surface area contributed by atoms with Crippen molar-refractivity contribution in [3.05, 3.63) is 59.7 Å². The number of anilines is 2. The molecule has 0 saturated carbocycles. The van der Waals surface area contributed by atoms with E-state index in [0.29, 0.717) is 16.9 Å². The van der Waals surface area contributed by atoms with Crippen LogP contribution in [0.3, 0.4) is 0 Å². The van der Waals surface area contributed by atoms with Crippen molar-refractivity contribution in [2.45, 2.75) is 6.92 Å². The molecule has 0 aliphatic heterocycles. The number of benzene rings is 2. The van der Waals surface area contributed by atoms with Gasteiger partial charge >= 0.3 is 12.1 Å². The number of rotatable bonds is 5. The fourth-order valence-corrected chi connectivity index (χ4v) is 2.06. The van der Waals surface area contributed by atoms with E-state index in [1.54, 1.807) is 55.5 Å². The summed E-state index contributed by atoms with van der Waals surface area (Å²) < 4.78 is 9.47. The van der Waals surface area contributed by atoms with Gasteiger partial charge in [0.15, 0.2) is 0 Å². The number of ether oxygens (including phenoxy) is 2. The summed E-state index contributed by atoms with van der Waals surface area (Å²) in [7, 11) is 1.27. The number of amides is 2. The Kier molecular flexibility index (Phi) is 6.11. The summed E-state index contributed by atoms with van der Waals surface area (Å²) >= 11 is 0. The average molecular weight is 342 g/mol. The molecule has 25 heavy (non-hydrogen) atoms. The van der Waals surface area contributed by atoms with Crippen molar-refractivity contribution < 1.29 is 23.9 Å². The smallest absolute Gasteiger partial charge is 0.411 e. The molecule has 130 valence electrons. The van der Waals surface area contributed by atoms with Gasteiger partial charge in [0.1, 0.15) is 0 Å². The van der Waals surface area contributed by atoms with Gasteiger partial charge < -0.3 is 14.8 Å². The topological polar surface area (TPSA) is 93.7 Å². The normalized spacial score (nSPS) is 9.84. The molecule has 2 amide bonds. The minimum absolute atomic E-state index is 0.263.